The lowest BCUT2D eigenvalue weighted by atomic mass is 10.5. The fraction of sp³-hybridized carbons (Fsp3) is 0.375. The minimum Gasteiger partial charge on any atom is -0.408 e. The van der Waals surface area contributed by atoms with E-state index in [1.807, 2.05) is 0 Å². The summed E-state index contributed by atoms with van der Waals surface area (Å²) in [6.45, 7) is 1.35. The number of nitrogens with zero attached hydrogens (tertiary/aromatic N) is 5. The fourth-order valence-electron chi connectivity index (χ4n) is 1.14. The van der Waals surface area contributed by atoms with Gasteiger partial charge >= 0.3 is 6.01 Å². The molecule has 0 atom stereocenters. The number of aliphatic hydroxyl groups excluding tert-OH is 1. The summed E-state index contributed by atoms with van der Waals surface area (Å²) in [6, 6.07) is 0.0370. The summed E-state index contributed by atoms with van der Waals surface area (Å²) in [5.41, 5.74) is 0.395. The molecule has 0 radical (unpaired) electrons. The Hall–Kier alpha value is -2.29. The molecule has 0 aromatic carbocycles. The van der Waals surface area contributed by atoms with Crippen molar-refractivity contribution in [3.05, 3.63) is 17.8 Å². The summed E-state index contributed by atoms with van der Waals surface area (Å²) >= 11 is 0. The number of hydrogen-bond acceptors (Lipinski definition) is 7. The van der Waals surface area contributed by atoms with Crippen LogP contribution in [0, 0.1) is 6.92 Å². The van der Waals surface area contributed by atoms with Crippen molar-refractivity contribution in [2.24, 2.45) is 0 Å². The molecule has 0 bridgehead atoms. The first-order chi connectivity index (χ1) is 8.17. The number of aromatic nitrogens is 5. The average Bonchev–Trinajstić information content (AvgIpc) is 2.88. The maximum atomic E-state index is 11.5. The Labute approximate surface area is 95.5 Å². The van der Waals surface area contributed by atoms with Crippen LogP contribution < -0.4 is 5.32 Å². The molecule has 0 fully saturated rings. The van der Waals surface area contributed by atoms with Gasteiger partial charge in [0.2, 0.25) is 11.8 Å². The SMILES string of the molecule is Cc1nnc(NC(=O)Cn2cc(CO)nn2)o1. The highest BCUT2D eigenvalue weighted by atomic mass is 16.4. The van der Waals surface area contributed by atoms with Crippen LogP contribution in [0.4, 0.5) is 6.01 Å². The number of nitrogens with one attached hydrogen (secondary N) is 1. The van der Waals surface area contributed by atoms with Gasteiger partial charge in [0, 0.05) is 6.92 Å². The van der Waals surface area contributed by atoms with Gasteiger partial charge in [-0.1, -0.05) is 10.3 Å². The van der Waals surface area contributed by atoms with Gasteiger partial charge in [-0.3, -0.25) is 10.1 Å². The number of aryl methyl sites for hydroxylation is 1. The van der Waals surface area contributed by atoms with Gasteiger partial charge < -0.3 is 9.52 Å². The fourth-order valence-corrected chi connectivity index (χ4v) is 1.14. The van der Waals surface area contributed by atoms with Gasteiger partial charge in [-0.25, -0.2) is 4.68 Å². The van der Waals surface area contributed by atoms with Crippen LogP contribution in [0.3, 0.4) is 0 Å². The van der Waals surface area contributed by atoms with Crippen LogP contribution in [0.25, 0.3) is 0 Å². The molecule has 0 aliphatic rings. The third-order valence-electron chi connectivity index (χ3n) is 1.83. The molecule has 0 saturated carbocycles. The molecule has 9 heteroatoms. The highest BCUT2D eigenvalue weighted by Gasteiger charge is 2.09. The second-order valence-corrected chi connectivity index (χ2v) is 3.24. The molecule has 2 N–H and O–H groups in total. The monoisotopic (exact) mass is 238 g/mol. The predicted octanol–water partition coefficient (Wildman–Crippen LogP) is -0.899. The van der Waals surface area contributed by atoms with Crippen molar-refractivity contribution in [1.82, 2.24) is 25.2 Å². The van der Waals surface area contributed by atoms with Gasteiger partial charge in [-0.05, 0) is 0 Å². The highest BCUT2D eigenvalue weighted by Crippen LogP contribution is 2.03. The van der Waals surface area contributed by atoms with E-state index in [-0.39, 0.29) is 25.1 Å². The first kappa shape index (κ1) is 11.2. The zero-order chi connectivity index (χ0) is 12.3. The summed E-state index contributed by atoms with van der Waals surface area (Å²) in [5, 5.41) is 25.6. The first-order valence-electron chi connectivity index (χ1n) is 4.77. The van der Waals surface area contributed by atoms with Crippen LogP contribution in [0.2, 0.25) is 0 Å². The zero-order valence-corrected chi connectivity index (χ0v) is 8.99. The van der Waals surface area contributed by atoms with Crippen LogP contribution in [0.15, 0.2) is 10.6 Å². The quantitative estimate of drug-likeness (QED) is 0.708. The van der Waals surface area contributed by atoms with Gasteiger partial charge in [0.05, 0.1) is 12.8 Å². The normalized spacial score (nSPS) is 10.5. The second kappa shape index (κ2) is 4.70. The smallest absolute Gasteiger partial charge is 0.322 e. The van der Waals surface area contributed by atoms with E-state index < -0.39 is 0 Å². The molecule has 0 aliphatic heterocycles. The third kappa shape index (κ3) is 2.84. The highest BCUT2D eigenvalue weighted by molar-refractivity contribution is 5.88. The lowest BCUT2D eigenvalue weighted by molar-refractivity contribution is -0.117. The molecule has 0 spiro atoms. The van der Waals surface area contributed by atoms with E-state index in [4.69, 9.17) is 9.52 Å². The summed E-state index contributed by atoms with van der Waals surface area (Å²) < 4.78 is 6.27. The van der Waals surface area contributed by atoms with Crippen molar-refractivity contribution in [2.75, 3.05) is 5.32 Å². The van der Waals surface area contributed by atoms with Crippen LogP contribution in [0.1, 0.15) is 11.6 Å². The van der Waals surface area contributed by atoms with Crippen molar-refractivity contribution in [2.45, 2.75) is 20.1 Å². The summed E-state index contributed by atoms with van der Waals surface area (Å²) in [5.74, 6) is -0.00772. The minimum absolute atomic E-state index is 0.0370. The van der Waals surface area contributed by atoms with E-state index in [0.717, 1.165) is 0 Å². The maximum absolute atomic E-state index is 11.5. The molecule has 2 rings (SSSR count). The number of aliphatic hydroxyl groups is 1. The molecule has 9 nitrogen and oxygen atoms in total. The molecule has 2 aromatic heterocycles. The Morgan fingerprint density at radius 1 is 1.53 bits per heavy atom. The molecule has 17 heavy (non-hydrogen) atoms. The molecule has 0 unspecified atom stereocenters. The lowest BCUT2D eigenvalue weighted by Gasteiger charge is -1.99. The average molecular weight is 238 g/mol. The number of hydrogen-bond donors (Lipinski definition) is 2. The van der Waals surface area contributed by atoms with Gasteiger partial charge in [0.15, 0.2) is 0 Å². The van der Waals surface area contributed by atoms with Crippen molar-refractivity contribution in [3.63, 3.8) is 0 Å². The van der Waals surface area contributed by atoms with Gasteiger partial charge in [0.25, 0.3) is 0 Å². The maximum Gasteiger partial charge on any atom is 0.322 e. The van der Waals surface area contributed by atoms with Crippen molar-refractivity contribution in [1.29, 1.82) is 0 Å². The van der Waals surface area contributed by atoms with Gasteiger partial charge in [-0.15, -0.1) is 10.2 Å². The molecule has 90 valence electrons. The standard InChI is InChI=1S/C8H10N6O3/c1-5-10-12-8(17-5)9-7(16)3-14-2-6(4-15)11-13-14/h2,15H,3-4H2,1H3,(H,9,12,16). The van der Waals surface area contributed by atoms with Crippen LogP contribution in [-0.4, -0.2) is 36.2 Å². The van der Waals surface area contributed by atoms with E-state index in [1.54, 1.807) is 6.92 Å². The first-order valence-corrected chi connectivity index (χ1v) is 4.77. The summed E-state index contributed by atoms with van der Waals surface area (Å²) in [6.07, 6.45) is 1.47. The number of carbonyl (C=O) groups excluding carboxylic acids is 1. The van der Waals surface area contributed by atoms with Gasteiger partial charge in [-0.2, -0.15) is 0 Å². The van der Waals surface area contributed by atoms with E-state index in [2.05, 4.69) is 25.8 Å². The molecular weight excluding hydrogens is 228 g/mol. The zero-order valence-electron chi connectivity index (χ0n) is 8.99. The predicted molar refractivity (Wildman–Crippen MR) is 53.6 cm³/mol. The van der Waals surface area contributed by atoms with E-state index in [9.17, 15) is 4.79 Å². The third-order valence-corrected chi connectivity index (χ3v) is 1.83. The lowest BCUT2D eigenvalue weighted by Crippen LogP contribution is -2.19. The Bertz CT molecular complexity index is 519. The Balaban J connectivity index is 1.93. The van der Waals surface area contributed by atoms with Crippen molar-refractivity contribution in [3.8, 4) is 0 Å². The molecule has 2 heterocycles. The number of anilines is 1. The summed E-state index contributed by atoms with van der Waals surface area (Å²) in [7, 11) is 0. The molecule has 2 aromatic rings. The Morgan fingerprint density at radius 2 is 2.35 bits per heavy atom. The van der Waals surface area contributed by atoms with Gasteiger partial charge in [0.1, 0.15) is 12.2 Å². The molecule has 1 amide bonds. The topological polar surface area (TPSA) is 119 Å². The van der Waals surface area contributed by atoms with Crippen LogP contribution in [-0.2, 0) is 17.9 Å². The Morgan fingerprint density at radius 3 is 2.94 bits per heavy atom. The van der Waals surface area contributed by atoms with Crippen molar-refractivity contribution >= 4 is 11.9 Å². The van der Waals surface area contributed by atoms with E-state index >= 15 is 0 Å². The Kier molecular flexibility index (Phi) is 3.10. The van der Waals surface area contributed by atoms with Crippen LogP contribution >= 0.6 is 0 Å². The number of carbonyl (C=O) groups is 1. The minimum atomic E-state index is -0.372. The molecular formula is C8H10N6O3. The largest absolute Gasteiger partial charge is 0.408 e. The van der Waals surface area contributed by atoms with Crippen LogP contribution in [0.5, 0.6) is 0 Å². The van der Waals surface area contributed by atoms with E-state index in [0.29, 0.717) is 11.6 Å². The number of amides is 1. The van der Waals surface area contributed by atoms with Crippen molar-refractivity contribution < 1.29 is 14.3 Å². The molecule has 0 aliphatic carbocycles. The second-order valence-electron chi connectivity index (χ2n) is 3.24. The number of rotatable bonds is 4. The summed E-state index contributed by atoms with van der Waals surface area (Å²) in [4.78, 5) is 11.5. The molecule has 0 saturated heterocycles. The van der Waals surface area contributed by atoms with E-state index in [1.165, 1.54) is 10.9 Å².